The van der Waals surface area contributed by atoms with Gasteiger partial charge in [0.2, 0.25) is 5.91 Å². The maximum atomic E-state index is 12.1. The number of nitrogens with zero attached hydrogens (tertiary/aromatic N) is 3. The first kappa shape index (κ1) is 15.4. The van der Waals surface area contributed by atoms with Crippen LogP contribution in [0.25, 0.3) is 10.4 Å². The van der Waals surface area contributed by atoms with Crippen LogP contribution >= 0.6 is 0 Å². The average Bonchev–Trinajstić information content (AvgIpc) is 2.50. The Morgan fingerprint density at radius 1 is 1.32 bits per heavy atom. The number of nitrogens with one attached hydrogen (secondary N) is 1. The predicted molar refractivity (Wildman–Crippen MR) is 85.2 cm³/mol. The lowest BCUT2D eigenvalue weighted by atomic mass is 10.1. The van der Waals surface area contributed by atoms with Crippen LogP contribution in [-0.2, 0) is 11.2 Å². The first-order valence-electron chi connectivity index (χ1n) is 6.75. The molecule has 0 heterocycles. The van der Waals surface area contributed by atoms with Crippen molar-refractivity contribution in [3.05, 3.63) is 63.5 Å². The van der Waals surface area contributed by atoms with Crippen LogP contribution in [0.15, 0.2) is 41.5 Å². The van der Waals surface area contributed by atoms with Gasteiger partial charge >= 0.3 is 0 Å². The number of phenols is 1. The molecule has 0 aliphatic carbocycles. The monoisotopic (exact) mass is 296 g/mol. The van der Waals surface area contributed by atoms with Crippen LogP contribution in [0.1, 0.15) is 16.7 Å². The molecule has 0 atom stereocenters. The van der Waals surface area contributed by atoms with E-state index in [2.05, 4.69) is 15.3 Å². The maximum Gasteiger partial charge on any atom is 0.228 e. The van der Waals surface area contributed by atoms with E-state index in [1.54, 1.807) is 19.9 Å². The fourth-order valence-corrected chi connectivity index (χ4v) is 2.16. The second kappa shape index (κ2) is 6.65. The van der Waals surface area contributed by atoms with Crippen molar-refractivity contribution in [2.75, 3.05) is 5.32 Å². The first-order chi connectivity index (χ1) is 10.5. The van der Waals surface area contributed by atoms with E-state index in [-0.39, 0.29) is 23.8 Å². The molecule has 0 aliphatic rings. The van der Waals surface area contributed by atoms with E-state index in [0.29, 0.717) is 16.8 Å². The molecule has 0 fully saturated rings. The number of amides is 1. The van der Waals surface area contributed by atoms with Gasteiger partial charge in [0.1, 0.15) is 5.75 Å². The number of hydrogen-bond donors (Lipinski definition) is 2. The molecule has 2 N–H and O–H groups in total. The quantitative estimate of drug-likeness (QED) is 0.384. The number of phenolic OH excluding ortho intramolecular Hbond substituents is 1. The molecular weight excluding hydrogens is 280 g/mol. The Kier molecular flexibility index (Phi) is 4.66. The van der Waals surface area contributed by atoms with Gasteiger partial charge in [-0.25, -0.2) is 0 Å². The number of carbonyl (C=O) groups is 1. The molecular formula is C16H16N4O2. The van der Waals surface area contributed by atoms with Crippen LogP contribution in [0.3, 0.4) is 0 Å². The molecule has 2 aromatic carbocycles. The van der Waals surface area contributed by atoms with Crippen LogP contribution in [0.5, 0.6) is 5.75 Å². The van der Waals surface area contributed by atoms with Crippen molar-refractivity contribution in [3.8, 4) is 5.75 Å². The molecule has 0 unspecified atom stereocenters. The second-order valence-electron chi connectivity index (χ2n) is 4.96. The van der Waals surface area contributed by atoms with Gasteiger partial charge in [0, 0.05) is 10.6 Å². The Hall–Kier alpha value is -2.98. The number of anilines is 1. The van der Waals surface area contributed by atoms with Gasteiger partial charge in [-0.15, -0.1) is 0 Å². The zero-order valence-electron chi connectivity index (χ0n) is 12.4. The SMILES string of the molecule is Cc1cc(NC(=O)Cc2ccccc2)c(C)c(N=[N+]=[N-])c1O. The van der Waals surface area contributed by atoms with Crippen molar-refractivity contribution in [2.45, 2.75) is 20.3 Å². The molecule has 0 aliphatic heterocycles. The van der Waals surface area contributed by atoms with Crippen molar-refractivity contribution in [1.82, 2.24) is 0 Å². The number of aryl methyl sites for hydroxylation is 1. The van der Waals surface area contributed by atoms with Crippen molar-refractivity contribution in [1.29, 1.82) is 0 Å². The lowest BCUT2D eigenvalue weighted by Gasteiger charge is -2.13. The molecule has 1 amide bonds. The molecule has 22 heavy (non-hydrogen) atoms. The zero-order valence-corrected chi connectivity index (χ0v) is 12.4. The van der Waals surface area contributed by atoms with Gasteiger partial charge in [-0.3, -0.25) is 4.79 Å². The Labute approximate surface area is 128 Å². The summed E-state index contributed by atoms with van der Waals surface area (Å²) < 4.78 is 0. The molecule has 0 aromatic heterocycles. The fraction of sp³-hybridized carbons (Fsp3) is 0.188. The van der Waals surface area contributed by atoms with E-state index in [0.717, 1.165) is 5.56 Å². The van der Waals surface area contributed by atoms with Gasteiger partial charge in [0.05, 0.1) is 12.1 Å². The van der Waals surface area contributed by atoms with Crippen molar-refractivity contribution >= 4 is 17.3 Å². The highest BCUT2D eigenvalue weighted by atomic mass is 16.3. The number of aromatic hydroxyl groups is 1. The summed E-state index contributed by atoms with van der Waals surface area (Å²) in [5, 5.41) is 16.2. The third-order valence-corrected chi connectivity index (χ3v) is 3.34. The van der Waals surface area contributed by atoms with Crippen LogP contribution < -0.4 is 5.32 Å². The molecule has 2 aromatic rings. The Morgan fingerprint density at radius 2 is 2.00 bits per heavy atom. The summed E-state index contributed by atoms with van der Waals surface area (Å²) in [5.41, 5.74) is 11.2. The minimum atomic E-state index is -0.175. The van der Waals surface area contributed by atoms with Crippen LogP contribution in [0.4, 0.5) is 11.4 Å². The third kappa shape index (κ3) is 3.37. The lowest BCUT2D eigenvalue weighted by molar-refractivity contribution is -0.115. The minimum Gasteiger partial charge on any atom is -0.507 e. The Balaban J connectivity index is 2.26. The van der Waals surface area contributed by atoms with Crippen LogP contribution in [0, 0.1) is 13.8 Å². The standard InChI is InChI=1S/C16H16N4O2/c1-10-8-13(11(2)15(16(10)22)19-20-17)18-14(21)9-12-6-4-3-5-7-12/h3-8,22H,9H2,1-2H3,(H,18,21). The molecule has 6 heteroatoms. The summed E-state index contributed by atoms with van der Waals surface area (Å²) >= 11 is 0. The lowest BCUT2D eigenvalue weighted by Crippen LogP contribution is -2.15. The minimum absolute atomic E-state index is 0.0728. The summed E-state index contributed by atoms with van der Waals surface area (Å²) in [5.74, 6) is -0.248. The van der Waals surface area contributed by atoms with Crippen LogP contribution in [-0.4, -0.2) is 11.0 Å². The smallest absolute Gasteiger partial charge is 0.228 e. The summed E-state index contributed by atoms with van der Waals surface area (Å²) in [6.07, 6.45) is 0.247. The van der Waals surface area contributed by atoms with Gasteiger partial charge in [0.25, 0.3) is 0 Å². The number of benzene rings is 2. The van der Waals surface area contributed by atoms with Crippen molar-refractivity contribution in [3.63, 3.8) is 0 Å². The van der Waals surface area contributed by atoms with Crippen molar-refractivity contribution < 1.29 is 9.90 Å². The number of azide groups is 1. The Bertz CT molecular complexity index is 750. The molecule has 0 saturated heterocycles. The summed E-state index contributed by atoms with van der Waals surface area (Å²) in [6.45, 7) is 3.36. The van der Waals surface area contributed by atoms with E-state index in [1.165, 1.54) is 0 Å². The average molecular weight is 296 g/mol. The normalized spacial score (nSPS) is 9.91. The summed E-state index contributed by atoms with van der Waals surface area (Å²) in [6, 6.07) is 11.0. The molecule has 6 nitrogen and oxygen atoms in total. The summed E-state index contributed by atoms with van der Waals surface area (Å²) in [7, 11) is 0. The second-order valence-corrected chi connectivity index (χ2v) is 4.96. The predicted octanol–water partition coefficient (Wildman–Crippen LogP) is 4.13. The molecule has 112 valence electrons. The van der Waals surface area contributed by atoms with Gasteiger partial charge in [-0.1, -0.05) is 35.4 Å². The van der Waals surface area contributed by atoms with Crippen LogP contribution in [0.2, 0.25) is 0 Å². The van der Waals surface area contributed by atoms with E-state index >= 15 is 0 Å². The third-order valence-electron chi connectivity index (χ3n) is 3.34. The van der Waals surface area contributed by atoms with E-state index in [9.17, 15) is 9.90 Å². The van der Waals surface area contributed by atoms with E-state index in [4.69, 9.17) is 5.53 Å². The Morgan fingerprint density at radius 3 is 2.64 bits per heavy atom. The highest BCUT2D eigenvalue weighted by Crippen LogP contribution is 2.38. The van der Waals surface area contributed by atoms with Gasteiger partial charge in [0.15, 0.2) is 0 Å². The molecule has 0 spiro atoms. The molecule has 2 rings (SSSR count). The highest BCUT2D eigenvalue weighted by molar-refractivity contribution is 5.94. The molecule has 0 saturated carbocycles. The summed E-state index contributed by atoms with van der Waals surface area (Å²) in [4.78, 5) is 14.8. The van der Waals surface area contributed by atoms with E-state index < -0.39 is 0 Å². The van der Waals surface area contributed by atoms with Gasteiger partial charge in [-0.05, 0) is 42.1 Å². The van der Waals surface area contributed by atoms with E-state index in [1.807, 2.05) is 30.3 Å². The zero-order chi connectivity index (χ0) is 16.1. The maximum absolute atomic E-state index is 12.1. The topological polar surface area (TPSA) is 98.1 Å². The molecule has 0 bridgehead atoms. The highest BCUT2D eigenvalue weighted by Gasteiger charge is 2.13. The fourth-order valence-electron chi connectivity index (χ4n) is 2.16. The first-order valence-corrected chi connectivity index (χ1v) is 6.75. The molecule has 0 radical (unpaired) electrons. The number of carbonyl (C=O) groups excluding carboxylic acids is 1. The van der Waals surface area contributed by atoms with Gasteiger partial charge < -0.3 is 10.4 Å². The number of hydrogen-bond acceptors (Lipinski definition) is 3. The number of rotatable bonds is 4. The van der Waals surface area contributed by atoms with Gasteiger partial charge in [-0.2, -0.15) is 0 Å². The largest absolute Gasteiger partial charge is 0.507 e. The van der Waals surface area contributed by atoms with Crippen molar-refractivity contribution in [2.24, 2.45) is 5.11 Å².